The first-order chi connectivity index (χ1) is 8.01. The Morgan fingerprint density at radius 1 is 1.28 bits per heavy atom. The van der Waals surface area contributed by atoms with Gasteiger partial charge in [0.25, 0.3) is 0 Å². The number of nitrogens with zero attached hydrogens (tertiary/aromatic N) is 1. The summed E-state index contributed by atoms with van der Waals surface area (Å²) in [5.41, 5.74) is 0.946. The van der Waals surface area contributed by atoms with Crippen LogP contribution in [0.25, 0.3) is 0 Å². The van der Waals surface area contributed by atoms with Gasteiger partial charge in [0.2, 0.25) is 10.0 Å². The molecule has 1 heterocycles. The molecule has 0 radical (unpaired) electrons. The van der Waals surface area contributed by atoms with E-state index < -0.39 is 10.0 Å². The van der Waals surface area contributed by atoms with E-state index in [1.807, 2.05) is 13.0 Å². The number of nitrogens with one attached hydrogen (secondary N) is 1. The molecule has 18 heavy (non-hydrogen) atoms. The molecular weight excluding hydrogens is 340 g/mol. The molecule has 4 nitrogen and oxygen atoms in total. The lowest BCUT2D eigenvalue weighted by Crippen LogP contribution is -2.46. The van der Waals surface area contributed by atoms with Crippen molar-refractivity contribution >= 4 is 38.4 Å². The van der Waals surface area contributed by atoms with Crippen molar-refractivity contribution in [1.82, 2.24) is 9.62 Å². The third-order valence-electron chi connectivity index (χ3n) is 2.78. The van der Waals surface area contributed by atoms with Crippen LogP contribution in [-0.4, -0.2) is 38.9 Å². The average Bonchev–Trinajstić information content (AvgIpc) is 2.33. The fourth-order valence-corrected chi connectivity index (χ4v) is 4.28. The zero-order chi connectivity index (χ0) is 12.5. The van der Waals surface area contributed by atoms with Crippen molar-refractivity contribution in [2.24, 2.45) is 0 Å². The molecule has 1 aromatic rings. The summed E-state index contributed by atoms with van der Waals surface area (Å²) < 4.78 is 27.0. The fraction of sp³-hybridized carbons (Fsp3) is 0.455. The molecule has 0 amide bonds. The molecule has 102 valence electrons. The number of rotatable bonds is 2. The minimum Gasteiger partial charge on any atom is -0.314 e. The van der Waals surface area contributed by atoms with E-state index in [-0.39, 0.29) is 12.4 Å². The molecule has 1 aromatic carbocycles. The number of piperazine rings is 1. The van der Waals surface area contributed by atoms with Crippen LogP contribution in [0.3, 0.4) is 0 Å². The summed E-state index contributed by atoms with van der Waals surface area (Å²) in [5, 5.41) is 3.15. The van der Waals surface area contributed by atoms with Crippen molar-refractivity contribution in [1.29, 1.82) is 0 Å². The third kappa shape index (κ3) is 3.24. The van der Waals surface area contributed by atoms with Gasteiger partial charge in [-0.05, 0) is 40.5 Å². The van der Waals surface area contributed by atoms with Crippen molar-refractivity contribution in [3.05, 3.63) is 28.2 Å². The molecule has 1 N–H and O–H groups in total. The number of hydrogen-bond acceptors (Lipinski definition) is 3. The molecule has 0 unspecified atom stereocenters. The van der Waals surface area contributed by atoms with Crippen molar-refractivity contribution in [2.45, 2.75) is 11.8 Å². The summed E-state index contributed by atoms with van der Waals surface area (Å²) in [6.07, 6.45) is 0. The SMILES string of the molecule is Cc1ccc(Br)c(S(=O)(=O)N2CCNCC2)c1.Cl. The molecule has 0 aromatic heterocycles. The van der Waals surface area contributed by atoms with Gasteiger partial charge in [0, 0.05) is 30.7 Å². The predicted molar refractivity (Wildman–Crippen MR) is 77.8 cm³/mol. The molecule has 2 rings (SSSR count). The lowest BCUT2D eigenvalue weighted by molar-refractivity contribution is 0.360. The highest BCUT2D eigenvalue weighted by molar-refractivity contribution is 9.10. The molecule has 1 aliphatic rings. The van der Waals surface area contributed by atoms with E-state index in [4.69, 9.17) is 0 Å². The van der Waals surface area contributed by atoms with Gasteiger partial charge >= 0.3 is 0 Å². The molecule has 7 heteroatoms. The Morgan fingerprint density at radius 3 is 2.50 bits per heavy atom. The van der Waals surface area contributed by atoms with Gasteiger partial charge in [-0.25, -0.2) is 8.42 Å². The Hall–Kier alpha value is -0.140. The number of benzene rings is 1. The maximum atomic E-state index is 12.4. The van der Waals surface area contributed by atoms with E-state index in [9.17, 15) is 8.42 Å². The molecule has 0 spiro atoms. The Morgan fingerprint density at radius 2 is 1.89 bits per heavy atom. The van der Waals surface area contributed by atoms with Crippen molar-refractivity contribution in [2.75, 3.05) is 26.2 Å². The van der Waals surface area contributed by atoms with Gasteiger partial charge in [-0.1, -0.05) is 6.07 Å². The Labute approximate surface area is 122 Å². The standard InChI is InChI=1S/C11H15BrN2O2S.ClH/c1-9-2-3-10(12)11(8-9)17(15,16)14-6-4-13-5-7-14;/h2-3,8,13H,4-7H2,1H3;1H. The molecule has 1 aliphatic heterocycles. The summed E-state index contributed by atoms with van der Waals surface area (Å²) in [5.74, 6) is 0. The van der Waals surface area contributed by atoms with Gasteiger partial charge in [0.05, 0.1) is 4.90 Å². The van der Waals surface area contributed by atoms with Crippen LogP contribution in [0.2, 0.25) is 0 Å². The first-order valence-corrected chi connectivity index (χ1v) is 7.72. The Kier molecular flexibility index (Phi) is 5.61. The lowest BCUT2D eigenvalue weighted by atomic mass is 10.2. The number of halogens is 2. The number of hydrogen-bond donors (Lipinski definition) is 1. The number of aryl methyl sites for hydroxylation is 1. The highest BCUT2D eigenvalue weighted by atomic mass is 79.9. The van der Waals surface area contributed by atoms with Gasteiger partial charge in [0.15, 0.2) is 0 Å². The van der Waals surface area contributed by atoms with Crippen molar-refractivity contribution in [3.8, 4) is 0 Å². The predicted octanol–water partition coefficient (Wildman–Crippen LogP) is 1.77. The smallest absolute Gasteiger partial charge is 0.244 e. The normalized spacial score (nSPS) is 17.2. The van der Waals surface area contributed by atoms with Gasteiger partial charge in [-0.15, -0.1) is 12.4 Å². The first kappa shape index (κ1) is 15.9. The zero-order valence-corrected chi connectivity index (χ0v) is 13.2. The Balaban J connectivity index is 0.00000162. The molecule has 1 saturated heterocycles. The van der Waals surface area contributed by atoms with Crippen LogP contribution in [0.5, 0.6) is 0 Å². The largest absolute Gasteiger partial charge is 0.314 e. The van der Waals surface area contributed by atoms with E-state index in [0.29, 0.717) is 35.5 Å². The maximum Gasteiger partial charge on any atom is 0.244 e. The second kappa shape index (κ2) is 6.34. The summed E-state index contributed by atoms with van der Waals surface area (Å²) >= 11 is 3.31. The average molecular weight is 356 g/mol. The van der Waals surface area contributed by atoms with Crippen LogP contribution in [0, 0.1) is 6.92 Å². The summed E-state index contributed by atoms with van der Waals surface area (Å²) in [6, 6.07) is 5.38. The van der Waals surface area contributed by atoms with Crippen molar-refractivity contribution < 1.29 is 8.42 Å². The third-order valence-corrected chi connectivity index (χ3v) is 5.67. The quantitative estimate of drug-likeness (QED) is 0.879. The van der Waals surface area contributed by atoms with Crippen LogP contribution >= 0.6 is 28.3 Å². The summed E-state index contributed by atoms with van der Waals surface area (Å²) in [6.45, 7) is 4.37. The van der Waals surface area contributed by atoms with E-state index in [1.54, 1.807) is 12.1 Å². The number of sulfonamides is 1. The second-order valence-electron chi connectivity index (χ2n) is 4.09. The maximum absolute atomic E-state index is 12.4. The van der Waals surface area contributed by atoms with Crippen LogP contribution in [0.4, 0.5) is 0 Å². The molecule has 0 atom stereocenters. The molecule has 0 saturated carbocycles. The van der Waals surface area contributed by atoms with Crippen molar-refractivity contribution in [3.63, 3.8) is 0 Å². The van der Waals surface area contributed by atoms with Crippen LogP contribution < -0.4 is 5.32 Å². The van der Waals surface area contributed by atoms with Gasteiger partial charge in [-0.2, -0.15) is 4.31 Å². The summed E-state index contributed by atoms with van der Waals surface area (Å²) in [7, 11) is -3.37. The lowest BCUT2D eigenvalue weighted by Gasteiger charge is -2.27. The molecule has 1 fully saturated rings. The highest BCUT2D eigenvalue weighted by Crippen LogP contribution is 2.26. The topological polar surface area (TPSA) is 49.4 Å². The zero-order valence-electron chi connectivity index (χ0n) is 10.0. The van der Waals surface area contributed by atoms with Gasteiger partial charge < -0.3 is 5.32 Å². The van der Waals surface area contributed by atoms with E-state index >= 15 is 0 Å². The minimum absolute atomic E-state index is 0. The molecular formula is C11H16BrClN2O2S. The molecule has 0 bridgehead atoms. The van der Waals surface area contributed by atoms with Gasteiger partial charge in [0.1, 0.15) is 0 Å². The first-order valence-electron chi connectivity index (χ1n) is 5.49. The summed E-state index contributed by atoms with van der Waals surface area (Å²) in [4.78, 5) is 0.361. The van der Waals surface area contributed by atoms with Crippen LogP contribution in [-0.2, 0) is 10.0 Å². The Bertz CT molecular complexity index is 516. The van der Waals surface area contributed by atoms with Gasteiger partial charge in [-0.3, -0.25) is 0 Å². The van der Waals surface area contributed by atoms with Crippen LogP contribution in [0.1, 0.15) is 5.56 Å². The minimum atomic E-state index is -3.37. The highest BCUT2D eigenvalue weighted by Gasteiger charge is 2.27. The van der Waals surface area contributed by atoms with E-state index in [1.165, 1.54) is 4.31 Å². The fourth-order valence-electron chi connectivity index (χ4n) is 1.83. The van der Waals surface area contributed by atoms with Crippen LogP contribution in [0.15, 0.2) is 27.6 Å². The second-order valence-corrected chi connectivity index (χ2v) is 6.85. The van der Waals surface area contributed by atoms with E-state index in [0.717, 1.165) is 5.56 Å². The monoisotopic (exact) mass is 354 g/mol. The van der Waals surface area contributed by atoms with E-state index in [2.05, 4.69) is 21.2 Å². The molecule has 0 aliphatic carbocycles.